The van der Waals surface area contributed by atoms with Crippen LogP contribution in [0.25, 0.3) is 22.0 Å². The Morgan fingerprint density at radius 2 is 2.16 bits per heavy atom. The highest BCUT2D eigenvalue weighted by Gasteiger charge is 2.32. The Hall–Kier alpha value is -2.55. The molecule has 4 rings (SSSR count). The Kier molecular flexibility index (Phi) is 4.08. The minimum absolute atomic E-state index is 0.0466. The molecule has 0 saturated heterocycles. The summed E-state index contributed by atoms with van der Waals surface area (Å²) in [4.78, 5) is 1.85. The summed E-state index contributed by atoms with van der Waals surface area (Å²) in [7, 11) is 1.84. The summed E-state index contributed by atoms with van der Waals surface area (Å²) < 4.78 is 19.1. The molecule has 1 aliphatic rings. The van der Waals surface area contributed by atoms with Crippen LogP contribution in [0.5, 0.6) is 5.75 Å². The smallest absolute Gasteiger partial charge is 0.247 e. The van der Waals surface area contributed by atoms with E-state index in [0.29, 0.717) is 33.6 Å². The summed E-state index contributed by atoms with van der Waals surface area (Å²) in [6.45, 7) is 0. The number of phenols is 1. The summed E-state index contributed by atoms with van der Waals surface area (Å²) in [5.41, 5.74) is 1.18. The van der Waals surface area contributed by atoms with E-state index < -0.39 is 6.17 Å². The molecule has 0 aliphatic heterocycles. The van der Waals surface area contributed by atoms with Crippen LogP contribution >= 0.6 is 11.3 Å². The molecule has 0 radical (unpaired) electrons. The fourth-order valence-electron chi connectivity index (χ4n) is 3.08. The fourth-order valence-corrected chi connectivity index (χ4v) is 3.98. The van der Waals surface area contributed by atoms with Crippen molar-refractivity contribution in [2.24, 2.45) is 0 Å². The van der Waals surface area contributed by atoms with Crippen molar-refractivity contribution in [3.63, 3.8) is 0 Å². The number of phenolic OH excluding ortho intramolecular Hbond substituents is 1. The van der Waals surface area contributed by atoms with Crippen LogP contribution in [0.15, 0.2) is 29.0 Å². The van der Waals surface area contributed by atoms with Gasteiger partial charge in [-0.3, -0.25) is 0 Å². The Balaban J connectivity index is 1.59. The topological polar surface area (TPSA) is 88.2 Å². The lowest BCUT2D eigenvalue weighted by Gasteiger charge is -2.24. The van der Waals surface area contributed by atoms with Crippen molar-refractivity contribution in [3.05, 3.63) is 24.6 Å². The molecule has 25 heavy (non-hydrogen) atoms. The quantitative estimate of drug-likeness (QED) is 0.763. The van der Waals surface area contributed by atoms with Gasteiger partial charge >= 0.3 is 0 Å². The third-order valence-corrected chi connectivity index (χ3v) is 5.49. The molecule has 1 saturated carbocycles. The maximum Gasteiger partial charge on any atom is 0.247 e. The van der Waals surface area contributed by atoms with Crippen LogP contribution in [0.2, 0.25) is 0 Å². The van der Waals surface area contributed by atoms with Gasteiger partial charge in [-0.1, -0.05) is 11.3 Å². The molecule has 0 bridgehead atoms. The lowest BCUT2D eigenvalue weighted by Crippen LogP contribution is -2.35. The van der Waals surface area contributed by atoms with E-state index in [0.717, 1.165) is 12.8 Å². The molecule has 130 valence electrons. The minimum Gasteiger partial charge on any atom is -0.507 e. The molecule has 0 amide bonds. The molecule has 1 aromatic carbocycles. The molecule has 0 spiro atoms. The molecular weight excluding hydrogens is 345 g/mol. The maximum atomic E-state index is 14.0. The standard InChI is InChI=1S/C16H16FN5O2S/c1-22(12-4-2-3-11(12)17)16-21-20-15(25-16)10-6-5-9(7-13(10)23)14-19-18-8-24-14/h5-8,11-12,23H,2-4H2,1H3/t11-,12+/m0/s1. The van der Waals surface area contributed by atoms with Crippen molar-refractivity contribution in [1.29, 1.82) is 0 Å². The SMILES string of the molecule is CN(c1nnc(-c2ccc(-c3nnco3)cc2O)s1)[C@@H]1CCC[C@@H]1F. The van der Waals surface area contributed by atoms with Crippen molar-refractivity contribution in [3.8, 4) is 27.8 Å². The van der Waals surface area contributed by atoms with Crippen LogP contribution < -0.4 is 4.90 Å². The van der Waals surface area contributed by atoms with Gasteiger partial charge in [0.05, 0.1) is 11.6 Å². The van der Waals surface area contributed by atoms with Gasteiger partial charge in [0.15, 0.2) is 5.01 Å². The molecule has 3 aromatic rings. The van der Waals surface area contributed by atoms with Gasteiger partial charge in [0.1, 0.15) is 11.9 Å². The van der Waals surface area contributed by atoms with Crippen LogP contribution in [-0.4, -0.2) is 44.8 Å². The minimum atomic E-state index is -0.834. The third kappa shape index (κ3) is 2.95. The number of nitrogens with zero attached hydrogens (tertiary/aromatic N) is 5. The number of halogens is 1. The first-order valence-electron chi connectivity index (χ1n) is 7.94. The molecule has 9 heteroatoms. The van der Waals surface area contributed by atoms with E-state index in [9.17, 15) is 9.50 Å². The molecule has 0 unspecified atom stereocenters. The van der Waals surface area contributed by atoms with Crippen LogP contribution in [0.4, 0.5) is 9.52 Å². The average Bonchev–Trinajstić information content (AvgIpc) is 3.35. The summed E-state index contributed by atoms with van der Waals surface area (Å²) in [6.07, 6.45) is 2.70. The van der Waals surface area contributed by atoms with E-state index >= 15 is 0 Å². The molecule has 2 atom stereocenters. The van der Waals surface area contributed by atoms with E-state index in [1.54, 1.807) is 18.2 Å². The van der Waals surface area contributed by atoms with Gasteiger partial charge in [0.25, 0.3) is 0 Å². The Morgan fingerprint density at radius 3 is 2.84 bits per heavy atom. The zero-order valence-electron chi connectivity index (χ0n) is 13.5. The summed E-state index contributed by atoms with van der Waals surface area (Å²) >= 11 is 1.33. The number of benzene rings is 1. The number of rotatable bonds is 4. The van der Waals surface area contributed by atoms with Gasteiger partial charge in [-0.05, 0) is 37.5 Å². The highest BCUT2D eigenvalue weighted by atomic mass is 32.1. The summed E-state index contributed by atoms with van der Waals surface area (Å²) in [5.74, 6) is 0.375. The van der Waals surface area contributed by atoms with Gasteiger partial charge in [-0.25, -0.2) is 4.39 Å². The van der Waals surface area contributed by atoms with E-state index in [1.165, 1.54) is 17.7 Å². The van der Waals surface area contributed by atoms with Gasteiger partial charge < -0.3 is 14.4 Å². The highest BCUT2D eigenvalue weighted by Crippen LogP contribution is 2.38. The van der Waals surface area contributed by atoms with Gasteiger partial charge in [-0.15, -0.1) is 20.4 Å². The fraction of sp³-hybridized carbons (Fsp3) is 0.375. The van der Waals surface area contributed by atoms with Crippen molar-refractivity contribution in [1.82, 2.24) is 20.4 Å². The first-order chi connectivity index (χ1) is 12.1. The number of alkyl halides is 1. The van der Waals surface area contributed by atoms with Gasteiger partial charge in [0.2, 0.25) is 17.4 Å². The Labute approximate surface area is 147 Å². The molecule has 1 N–H and O–H groups in total. The second kappa shape index (κ2) is 6.40. The van der Waals surface area contributed by atoms with Gasteiger partial charge in [0, 0.05) is 12.6 Å². The first-order valence-corrected chi connectivity index (χ1v) is 8.75. The second-order valence-electron chi connectivity index (χ2n) is 5.99. The normalized spacial score (nSPS) is 20.1. The molecule has 1 fully saturated rings. The van der Waals surface area contributed by atoms with Crippen molar-refractivity contribution in [2.75, 3.05) is 11.9 Å². The summed E-state index contributed by atoms with van der Waals surface area (Å²) in [5, 5.41) is 27.3. The van der Waals surface area contributed by atoms with E-state index in [2.05, 4.69) is 20.4 Å². The molecule has 2 aromatic heterocycles. The zero-order valence-corrected chi connectivity index (χ0v) is 14.3. The lowest BCUT2D eigenvalue weighted by atomic mass is 10.1. The van der Waals surface area contributed by atoms with Crippen molar-refractivity contribution < 1.29 is 13.9 Å². The average molecular weight is 361 g/mol. The van der Waals surface area contributed by atoms with Crippen LogP contribution in [0.3, 0.4) is 0 Å². The number of aromatic hydroxyl groups is 1. The monoisotopic (exact) mass is 361 g/mol. The van der Waals surface area contributed by atoms with Crippen LogP contribution in [0, 0.1) is 0 Å². The number of hydrogen-bond donors (Lipinski definition) is 1. The van der Waals surface area contributed by atoms with Crippen molar-refractivity contribution >= 4 is 16.5 Å². The number of anilines is 1. The van der Waals surface area contributed by atoms with E-state index in [1.807, 2.05) is 11.9 Å². The van der Waals surface area contributed by atoms with Crippen molar-refractivity contribution in [2.45, 2.75) is 31.5 Å². The Bertz CT molecular complexity index is 869. The van der Waals surface area contributed by atoms with E-state index in [4.69, 9.17) is 4.42 Å². The lowest BCUT2D eigenvalue weighted by molar-refractivity contribution is 0.307. The third-order valence-electron chi connectivity index (χ3n) is 4.45. The first kappa shape index (κ1) is 15.9. The maximum absolute atomic E-state index is 14.0. The molecule has 2 heterocycles. The number of hydrogen-bond acceptors (Lipinski definition) is 8. The molecular formula is C16H16FN5O2S. The molecule has 1 aliphatic carbocycles. The number of aromatic nitrogens is 4. The highest BCUT2D eigenvalue weighted by molar-refractivity contribution is 7.18. The predicted molar refractivity (Wildman–Crippen MR) is 91.2 cm³/mol. The van der Waals surface area contributed by atoms with E-state index in [-0.39, 0.29) is 11.8 Å². The summed E-state index contributed by atoms with van der Waals surface area (Å²) in [6, 6.07) is 4.88. The predicted octanol–water partition coefficient (Wildman–Crippen LogP) is 3.29. The molecule has 7 nitrogen and oxygen atoms in total. The van der Waals surface area contributed by atoms with Gasteiger partial charge in [-0.2, -0.15) is 0 Å². The zero-order chi connectivity index (χ0) is 17.4. The van der Waals surface area contributed by atoms with Crippen LogP contribution in [0.1, 0.15) is 19.3 Å². The Morgan fingerprint density at radius 1 is 1.28 bits per heavy atom. The largest absolute Gasteiger partial charge is 0.507 e. The second-order valence-corrected chi connectivity index (χ2v) is 6.95. The van der Waals surface area contributed by atoms with Crippen LogP contribution in [-0.2, 0) is 0 Å².